The van der Waals surface area contributed by atoms with Crippen LogP contribution >= 0.6 is 0 Å². The molecule has 0 unspecified atom stereocenters. The van der Waals surface area contributed by atoms with Gasteiger partial charge < -0.3 is 15.2 Å². The SMILES string of the molecule is CC(C)NC(=O)c1nc(C(=O)Nc2ccc(F)cc2)c2n1CCCC2. The van der Waals surface area contributed by atoms with Crippen LogP contribution in [0.4, 0.5) is 10.1 Å². The van der Waals surface area contributed by atoms with Gasteiger partial charge in [0.15, 0.2) is 11.5 Å². The normalized spacial score (nSPS) is 13.4. The van der Waals surface area contributed by atoms with E-state index < -0.39 is 0 Å². The molecule has 0 bridgehead atoms. The molecule has 2 aromatic rings. The van der Waals surface area contributed by atoms with Crippen LogP contribution < -0.4 is 10.6 Å². The summed E-state index contributed by atoms with van der Waals surface area (Å²) < 4.78 is 14.8. The van der Waals surface area contributed by atoms with E-state index in [1.54, 1.807) is 0 Å². The van der Waals surface area contributed by atoms with Crippen molar-refractivity contribution >= 4 is 17.5 Å². The van der Waals surface area contributed by atoms with Gasteiger partial charge in [0.2, 0.25) is 0 Å². The molecule has 7 heteroatoms. The molecule has 0 radical (unpaired) electrons. The second kappa shape index (κ2) is 7.04. The topological polar surface area (TPSA) is 76.0 Å². The first-order chi connectivity index (χ1) is 12.0. The van der Waals surface area contributed by atoms with Crippen LogP contribution in [0.1, 0.15) is 53.5 Å². The zero-order chi connectivity index (χ0) is 18.0. The zero-order valence-corrected chi connectivity index (χ0v) is 14.3. The highest BCUT2D eigenvalue weighted by Crippen LogP contribution is 2.22. The van der Waals surface area contributed by atoms with Gasteiger partial charge in [-0.25, -0.2) is 9.37 Å². The number of hydrogen-bond acceptors (Lipinski definition) is 3. The maximum atomic E-state index is 13.0. The van der Waals surface area contributed by atoms with Crippen LogP contribution in [0.5, 0.6) is 0 Å². The summed E-state index contributed by atoms with van der Waals surface area (Å²) >= 11 is 0. The third-order valence-corrected chi connectivity index (χ3v) is 4.06. The predicted molar refractivity (Wildman–Crippen MR) is 92.1 cm³/mol. The van der Waals surface area contributed by atoms with E-state index in [4.69, 9.17) is 0 Å². The summed E-state index contributed by atoms with van der Waals surface area (Å²) in [6, 6.07) is 5.52. The Balaban J connectivity index is 1.90. The van der Waals surface area contributed by atoms with Crippen LogP contribution in [0.3, 0.4) is 0 Å². The minimum absolute atomic E-state index is 0.0134. The van der Waals surface area contributed by atoms with Crippen LogP contribution in [0.25, 0.3) is 0 Å². The van der Waals surface area contributed by atoms with E-state index in [1.807, 2.05) is 18.4 Å². The zero-order valence-electron chi connectivity index (χ0n) is 14.3. The lowest BCUT2D eigenvalue weighted by Gasteiger charge is -2.17. The van der Waals surface area contributed by atoms with Crippen LogP contribution in [0.15, 0.2) is 24.3 Å². The lowest BCUT2D eigenvalue weighted by molar-refractivity contribution is 0.0927. The number of nitrogens with one attached hydrogen (secondary N) is 2. The number of halogens is 1. The molecule has 0 atom stereocenters. The number of rotatable bonds is 4. The van der Waals surface area contributed by atoms with Gasteiger partial charge in [-0.1, -0.05) is 0 Å². The highest BCUT2D eigenvalue weighted by atomic mass is 19.1. The van der Waals surface area contributed by atoms with Crippen molar-refractivity contribution in [1.82, 2.24) is 14.9 Å². The number of amides is 2. The molecule has 0 saturated carbocycles. The number of nitrogens with zero attached hydrogens (tertiary/aromatic N) is 2. The van der Waals surface area contributed by atoms with E-state index in [0.717, 1.165) is 18.5 Å². The number of benzene rings is 1. The number of fused-ring (bicyclic) bond motifs is 1. The summed E-state index contributed by atoms with van der Waals surface area (Å²) in [7, 11) is 0. The molecule has 3 rings (SSSR count). The second-order valence-electron chi connectivity index (χ2n) is 6.43. The summed E-state index contributed by atoms with van der Waals surface area (Å²) in [4.78, 5) is 29.3. The Labute approximate surface area is 145 Å². The van der Waals surface area contributed by atoms with Gasteiger partial charge in [0, 0.05) is 18.3 Å². The highest BCUT2D eigenvalue weighted by molar-refractivity contribution is 6.05. The maximum absolute atomic E-state index is 13.0. The Morgan fingerprint density at radius 2 is 1.88 bits per heavy atom. The molecule has 2 N–H and O–H groups in total. The first-order valence-electron chi connectivity index (χ1n) is 8.43. The summed E-state index contributed by atoms with van der Waals surface area (Å²) in [5.74, 6) is -0.766. The van der Waals surface area contributed by atoms with Crippen LogP contribution in [0, 0.1) is 5.82 Å². The molecule has 1 aromatic heterocycles. The number of anilines is 1. The van der Waals surface area contributed by atoms with Crippen molar-refractivity contribution in [3.05, 3.63) is 47.3 Å². The van der Waals surface area contributed by atoms with E-state index in [1.165, 1.54) is 24.3 Å². The molecule has 2 heterocycles. The van der Waals surface area contributed by atoms with Gasteiger partial charge in [-0.3, -0.25) is 9.59 Å². The standard InChI is InChI=1S/C18H21FN4O2/c1-11(2)20-18(25)16-22-15(14-5-3-4-10-23(14)16)17(24)21-13-8-6-12(19)7-9-13/h6-9,11H,3-5,10H2,1-2H3,(H,20,25)(H,21,24). The molecule has 25 heavy (non-hydrogen) atoms. The van der Waals surface area contributed by atoms with Crippen molar-refractivity contribution in [2.45, 2.75) is 45.7 Å². The van der Waals surface area contributed by atoms with Gasteiger partial charge in [-0.2, -0.15) is 0 Å². The van der Waals surface area contributed by atoms with Gasteiger partial charge in [-0.05, 0) is 57.4 Å². The third kappa shape index (κ3) is 3.70. The van der Waals surface area contributed by atoms with Crippen LogP contribution in [-0.2, 0) is 13.0 Å². The average Bonchev–Trinajstić information content (AvgIpc) is 2.96. The van der Waals surface area contributed by atoms with Gasteiger partial charge in [0.25, 0.3) is 11.8 Å². The van der Waals surface area contributed by atoms with Crippen molar-refractivity contribution in [3.63, 3.8) is 0 Å². The Morgan fingerprint density at radius 1 is 1.16 bits per heavy atom. The van der Waals surface area contributed by atoms with Crippen molar-refractivity contribution in [2.75, 3.05) is 5.32 Å². The van der Waals surface area contributed by atoms with E-state index >= 15 is 0 Å². The number of imidazole rings is 1. The Bertz CT molecular complexity index is 796. The minimum atomic E-state index is -0.388. The van der Waals surface area contributed by atoms with E-state index in [-0.39, 0.29) is 35.2 Å². The number of carbonyl (C=O) groups is 2. The lowest BCUT2D eigenvalue weighted by atomic mass is 10.1. The Hall–Kier alpha value is -2.70. The maximum Gasteiger partial charge on any atom is 0.287 e. The number of carbonyl (C=O) groups excluding carboxylic acids is 2. The minimum Gasteiger partial charge on any atom is -0.347 e. The average molecular weight is 344 g/mol. The summed E-state index contributed by atoms with van der Waals surface area (Å²) in [6.07, 6.45) is 2.60. The molecule has 6 nitrogen and oxygen atoms in total. The fourth-order valence-electron chi connectivity index (χ4n) is 2.95. The smallest absolute Gasteiger partial charge is 0.287 e. The monoisotopic (exact) mass is 344 g/mol. The molecular weight excluding hydrogens is 323 g/mol. The molecule has 0 spiro atoms. The fourth-order valence-corrected chi connectivity index (χ4v) is 2.95. The molecule has 0 aliphatic carbocycles. The van der Waals surface area contributed by atoms with Crippen LogP contribution in [0.2, 0.25) is 0 Å². The quantitative estimate of drug-likeness (QED) is 0.895. The Morgan fingerprint density at radius 3 is 2.56 bits per heavy atom. The van der Waals surface area contributed by atoms with Crippen molar-refractivity contribution in [2.24, 2.45) is 0 Å². The molecule has 0 saturated heterocycles. The van der Waals surface area contributed by atoms with Gasteiger partial charge in [0.05, 0.1) is 5.69 Å². The van der Waals surface area contributed by atoms with Gasteiger partial charge >= 0.3 is 0 Å². The molecule has 1 aliphatic rings. The van der Waals surface area contributed by atoms with E-state index in [2.05, 4.69) is 15.6 Å². The number of aromatic nitrogens is 2. The molecule has 1 aromatic carbocycles. The van der Waals surface area contributed by atoms with E-state index in [9.17, 15) is 14.0 Å². The molecule has 2 amide bonds. The van der Waals surface area contributed by atoms with E-state index in [0.29, 0.717) is 18.7 Å². The summed E-state index contributed by atoms with van der Waals surface area (Å²) in [5.41, 5.74) is 1.52. The predicted octanol–water partition coefficient (Wildman–Crippen LogP) is 2.75. The Kier molecular flexibility index (Phi) is 4.83. The van der Waals surface area contributed by atoms with Crippen molar-refractivity contribution in [1.29, 1.82) is 0 Å². The van der Waals surface area contributed by atoms with Crippen LogP contribution in [-0.4, -0.2) is 27.4 Å². The van der Waals surface area contributed by atoms with Crippen molar-refractivity contribution in [3.8, 4) is 0 Å². The lowest BCUT2D eigenvalue weighted by Crippen LogP contribution is -2.33. The van der Waals surface area contributed by atoms with Gasteiger partial charge in [-0.15, -0.1) is 0 Å². The molecule has 132 valence electrons. The highest BCUT2D eigenvalue weighted by Gasteiger charge is 2.27. The molecule has 1 aliphatic heterocycles. The molecule has 0 fully saturated rings. The summed E-state index contributed by atoms with van der Waals surface area (Å²) in [5, 5.41) is 5.54. The molecular formula is C18H21FN4O2. The van der Waals surface area contributed by atoms with Gasteiger partial charge in [0.1, 0.15) is 5.82 Å². The summed E-state index contributed by atoms with van der Waals surface area (Å²) in [6.45, 7) is 4.42. The fraction of sp³-hybridized carbons (Fsp3) is 0.389. The number of hydrogen-bond donors (Lipinski definition) is 2. The van der Waals surface area contributed by atoms with Crippen molar-refractivity contribution < 1.29 is 14.0 Å². The first kappa shape index (κ1) is 17.1. The second-order valence-corrected chi connectivity index (χ2v) is 6.43. The first-order valence-corrected chi connectivity index (χ1v) is 8.43. The largest absolute Gasteiger partial charge is 0.347 e. The third-order valence-electron chi connectivity index (χ3n) is 4.06.